The quantitative estimate of drug-likeness (QED) is 0.618. The largest absolute Gasteiger partial charge is 0.327 e. The third-order valence-electron chi connectivity index (χ3n) is 5.62. The Morgan fingerprint density at radius 2 is 2.00 bits per heavy atom. The van der Waals surface area contributed by atoms with Crippen LogP contribution in [0.15, 0.2) is 0 Å². The van der Waals surface area contributed by atoms with E-state index in [0.717, 1.165) is 31.4 Å². The summed E-state index contributed by atoms with van der Waals surface area (Å²) in [7, 11) is 0. The van der Waals surface area contributed by atoms with E-state index in [1.165, 1.54) is 0 Å². The van der Waals surface area contributed by atoms with Gasteiger partial charge in [-0.2, -0.15) is 10.5 Å². The molecule has 4 rings (SSSR count). The Balaban J connectivity index is 1.99. The molecule has 1 saturated heterocycles. The van der Waals surface area contributed by atoms with Crippen molar-refractivity contribution in [3.8, 4) is 12.1 Å². The van der Waals surface area contributed by atoms with E-state index in [0.29, 0.717) is 12.4 Å². The summed E-state index contributed by atoms with van der Waals surface area (Å²) >= 11 is 1.60. The Morgan fingerprint density at radius 3 is 2.53 bits per heavy atom. The lowest BCUT2D eigenvalue weighted by atomic mass is 9.89. The van der Waals surface area contributed by atoms with Gasteiger partial charge >= 0.3 is 0 Å². The fraction of sp³-hybridized carbons (Fsp3) is 0.769. The minimum absolute atomic E-state index is 0.295. The second-order valence-corrected chi connectivity index (χ2v) is 7.14. The predicted molar refractivity (Wildman–Crippen MR) is 68.3 cm³/mol. The van der Waals surface area contributed by atoms with Crippen LogP contribution in [0.1, 0.15) is 25.7 Å². The first-order chi connectivity index (χ1) is 9.16. The van der Waals surface area contributed by atoms with Gasteiger partial charge in [0.15, 0.2) is 10.8 Å². The molecule has 0 aromatic rings. The molecular weight excluding hydrogens is 260 g/mol. The van der Waals surface area contributed by atoms with Crippen LogP contribution in [0.5, 0.6) is 0 Å². The second kappa shape index (κ2) is 3.08. The van der Waals surface area contributed by atoms with Crippen molar-refractivity contribution in [3.05, 3.63) is 0 Å². The van der Waals surface area contributed by atoms with Gasteiger partial charge in [-0.3, -0.25) is 5.73 Å². The number of nitrogens with two attached hydrogens (primary N) is 1. The van der Waals surface area contributed by atoms with E-state index in [1.807, 2.05) is 0 Å². The van der Waals surface area contributed by atoms with Crippen molar-refractivity contribution in [1.82, 2.24) is 0 Å². The van der Waals surface area contributed by atoms with Gasteiger partial charge in [0.2, 0.25) is 0 Å². The van der Waals surface area contributed by atoms with Crippen LogP contribution in [0.4, 0.5) is 0 Å². The summed E-state index contributed by atoms with van der Waals surface area (Å²) < 4.78 is 5.91. The highest BCUT2D eigenvalue weighted by molar-refractivity contribution is 8.00. The van der Waals surface area contributed by atoms with E-state index in [1.54, 1.807) is 11.8 Å². The Labute approximate surface area is 115 Å². The van der Waals surface area contributed by atoms with Crippen molar-refractivity contribution in [1.29, 1.82) is 10.5 Å². The van der Waals surface area contributed by atoms with Crippen LogP contribution in [0.3, 0.4) is 0 Å². The summed E-state index contributed by atoms with van der Waals surface area (Å²) in [6, 6.07) is 4.87. The van der Waals surface area contributed by atoms with Gasteiger partial charge in [-0.15, -0.1) is 0 Å². The third-order valence-corrected chi connectivity index (χ3v) is 6.92. The van der Waals surface area contributed by atoms with Gasteiger partial charge in [-0.25, -0.2) is 4.99 Å². The lowest BCUT2D eigenvalue weighted by Crippen LogP contribution is -2.88. The first-order valence-corrected chi connectivity index (χ1v) is 7.66. The Kier molecular flexibility index (Phi) is 1.88. The molecule has 2 heterocycles. The number of thioether (sulfide) groups is 1. The number of hydrogen-bond donors (Lipinski definition) is 2. The molecule has 0 aromatic carbocycles. The van der Waals surface area contributed by atoms with Gasteiger partial charge in [0.05, 0.1) is 18.7 Å². The highest BCUT2D eigenvalue weighted by Crippen LogP contribution is 2.88. The molecule has 0 aromatic heterocycles. The zero-order valence-electron chi connectivity index (χ0n) is 10.5. The summed E-state index contributed by atoms with van der Waals surface area (Å²) in [5, 5.41) is 18.9. The monoisotopic (exact) mass is 275 g/mol. The molecule has 0 amide bonds. The summed E-state index contributed by atoms with van der Waals surface area (Å²) in [4.78, 5) is 3.15. The average molecular weight is 275 g/mol. The number of hydrogen-bond acceptors (Lipinski definition) is 5. The fourth-order valence-electron chi connectivity index (χ4n) is 5.02. The minimum Gasteiger partial charge on any atom is -0.327 e. The normalized spacial score (nSPS) is 48.8. The zero-order valence-corrected chi connectivity index (χ0v) is 11.3. The summed E-state index contributed by atoms with van der Waals surface area (Å²) in [6.45, 7) is 0.603. The molecule has 2 spiro atoms. The van der Waals surface area contributed by atoms with Crippen molar-refractivity contribution in [2.24, 2.45) is 22.0 Å². The first-order valence-electron chi connectivity index (χ1n) is 6.68. The number of fused-ring (bicyclic) bond motifs is 4. The maximum Gasteiger partial charge on any atom is 0.277 e. The summed E-state index contributed by atoms with van der Waals surface area (Å²) in [5.74, 6) is 1.29. The molecule has 4 aliphatic rings. The van der Waals surface area contributed by atoms with Crippen LogP contribution in [-0.4, -0.2) is 23.3 Å². The van der Waals surface area contributed by atoms with Crippen LogP contribution in [0.25, 0.3) is 0 Å². The van der Waals surface area contributed by atoms with Crippen molar-refractivity contribution in [2.45, 2.75) is 30.7 Å². The average Bonchev–Trinajstić information content (AvgIpc) is 2.89. The van der Waals surface area contributed by atoms with Crippen LogP contribution < -0.4 is 10.7 Å². The van der Waals surface area contributed by atoms with E-state index in [2.05, 4.69) is 17.1 Å². The second-order valence-electron chi connectivity index (χ2n) is 5.87. The molecule has 3 atom stereocenters. The Hall–Kier alpha value is -1.24. The molecule has 2 saturated carbocycles. The van der Waals surface area contributed by atoms with Crippen LogP contribution in [-0.2, 0) is 4.74 Å². The van der Waals surface area contributed by atoms with Crippen LogP contribution >= 0.6 is 11.8 Å². The first kappa shape index (κ1) is 11.6. The highest BCUT2D eigenvalue weighted by atomic mass is 32.2. The molecule has 5 nitrogen and oxygen atoms in total. The number of nitrogens with zero attached hydrogens (tertiary/aromatic N) is 2. The summed E-state index contributed by atoms with van der Waals surface area (Å²) in [6.07, 6.45) is 3.95. The molecule has 6 heteroatoms. The van der Waals surface area contributed by atoms with E-state index < -0.39 is 15.9 Å². The van der Waals surface area contributed by atoms with Gasteiger partial charge in [-0.05, 0) is 12.8 Å². The van der Waals surface area contributed by atoms with Gasteiger partial charge in [-0.1, -0.05) is 24.6 Å². The molecule has 19 heavy (non-hydrogen) atoms. The number of amidine groups is 1. The van der Waals surface area contributed by atoms with Gasteiger partial charge in [0, 0.05) is 11.2 Å². The topological polar surface area (TPSA) is 96.8 Å². The van der Waals surface area contributed by atoms with Gasteiger partial charge in [0.25, 0.3) is 10.9 Å². The Bertz CT molecular complexity index is 576. The lowest BCUT2D eigenvalue weighted by molar-refractivity contribution is -0.585. The van der Waals surface area contributed by atoms with Gasteiger partial charge < -0.3 is 4.74 Å². The van der Waals surface area contributed by atoms with E-state index >= 15 is 0 Å². The number of ether oxygens (including phenoxy) is 1. The maximum atomic E-state index is 9.93. The molecular formula is C13H15N4OS+. The number of nitriles is 2. The van der Waals surface area contributed by atoms with Gasteiger partial charge in [0.1, 0.15) is 0 Å². The van der Waals surface area contributed by atoms with Crippen LogP contribution in [0, 0.1) is 38.9 Å². The van der Waals surface area contributed by atoms with E-state index in [-0.39, 0.29) is 5.41 Å². The standard InChI is InChI=1S/C13H14N4OS/c14-7-11-9(16)17-13(18-5-6-19-13)12(11,8-15)10(11)3-1-2-4-10/h1-6H2,(H2,16,17)/p+1/t11-,12+,13-/m1/s1. The van der Waals surface area contributed by atoms with E-state index in [9.17, 15) is 10.5 Å². The molecule has 3 fully saturated rings. The van der Waals surface area contributed by atoms with E-state index in [4.69, 9.17) is 10.5 Å². The molecule has 0 bridgehead atoms. The molecule has 2 aliphatic carbocycles. The number of nitrogens with one attached hydrogen (secondary N) is 1. The predicted octanol–water partition coefficient (Wildman–Crippen LogP) is -0.551. The minimum atomic E-state index is -0.859. The highest BCUT2D eigenvalue weighted by Gasteiger charge is 3.03. The number of rotatable bonds is 0. The molecule has 3 N–H and O–H groups in total. The molecule has 2 aliphatic heterocycles. The smallest absolute Gasteiger partial charge is 0.277 e. The molecule has 0 unspecified atom stereocenters. The third kappa shape index (κ3) is 0.795. The molecule has 0 radical (unpaired) electrons. The van der Waals surface area contributed by atoms with Crippen molar-refractivity contribution < 1.29 is 9.73 Å². The SMILES string of the molecule is N#C[C@]12C3(CCCC3)[C@@]1(C#N)C(N)=[NH+][C@@]21OCCS1. The maximum absolute atomic E-state index is 9.93. The van der Waals surface area contributed by atoms with Crippen molar-refractivity contribution in [3.63, 3.8) is 0 Å². The van der Waals surface area contributed by atoms with Crippen molar-refractivity contribution in [2.75, 3.05) is 12.4 Å². The zero-order chi connectivity index (χ0) is 13.4. The summed E-state index contributed by atoms with van der Waals surface area (Å²) in [5.41, 5.74) is 4.20. The van der Waals surface area contributed by atoms with Crippen LogP contribution in [0.2, 0.25) is 0 Å². The van der Waals surface area contributed by atoms with Crippen molar-refractivity contribution >= 4 is 17.6 Å². The fourth-order valence-corrected chi connectivity index (χ4v) is 6.44. The Morgan fingerprint density at radius 1 is 1.26 bits per heavy atom. The molecule has 98 valence electrons. The lowest BCUT2D eigenvalue weighted by Gasteiger charge is -2.27.